The van der Waals surface area contributed by atoms with Gasteiger partial charge in [0.15, 0.2) is 0 Å². The van der Waals surface area contributed by atoms with Gasteiger partial charge < -0.3 is 9.47 Å². The first-order chi connectivity index (χ1) is 13.3. The van der Waals surface area contributed by atoms with Crippen molar-refractivity contribution < 1.29 is 14.3 Å². The SMILES string of the molecule is C=CCc1cc(OCc2ccccc2)cc(C(C)C(=C)C)c1OC(=O)C(=C)C. The lowest BCUT2D eigenvalue weighted by Gasteiger charge is -2.21. The average molecular weight is 376 g/mol. The fraction of sp³-hybridized carbons (Fsp3) is 0.240. The molecule has 0 saturated carbocycles. The van der Waals surface area contributed by atoms with E-state index in [2.05, 4.69) is 19.7 Å². The van der Waals surface area contributed by atoms with Crippen molar-refractivity contribution >= 4 is 5.97 Å². The number of hydrogen-bond acceptors (Lipinski definition) is 3. The van der Waals surface area contributed by atoms with Gasteiger partial charge in [-0.15, -0.1) is 6.58 Å². The molecule has 0 amide bonds. The van der Waals surface area contributed by atoms with E-state index < -0.39 is 5.97 Å². The van der Waals surface area contributed by atoms with E-state index in [4.69, 9.17) is 9.47 Å². The lowest BCUT2D eigenvalue weighted by molar-refractivity contribution is -0.130. The molecule has 0 aliphatic carbocycles. The number of allylic oxidation sites excluding steroid dienone is 2. The Kier molecular flexibility index (Phi) is 7.39. The van der Waals surface area contributed by atoms with E-state index in [1.165, 1.54) is 0 Å². The Bertz CT molecular complexity index is 878. The zero-order valence-corrected chi connectivity index (χ0v) is 17.0. The highest BCUT2D eigenvalue weighted by molar-refractivity contribution is 5.89. The molecule has 146 valence electrons. The highest BCUT2D eigenvalue weighted by atomic mass is 16.5. The van der Waals surface area contributed by atoms with Crippen molar-refractivity contribution in [2.45, 2.75) is 39.7 Å². The first-order valence-electron chi connectivity index (χ1n) is 9.31. The Labute approximate surface area is 168 Å². The topological polar surface area (TPSA) is 35.5 Å². The summed E-state index contributed by atoms with van der Waals surface area (Å²) in [7, 11) is 0. The van der Waals surface area contributed by atoms with Crippen LogP contribution in [-0.2, 0) is 17.8 Å². The second-order valence-electron chi connectivity index (χ2n) is 7.01. The van der Waals surface area contributed by atoms with Crippen LogP contribution in [0.3, 0.4) is 0 Å². The minimum absolute atomic E-state index is 0.00300. The van der Waals surface area contributed by atoms with Gasteiger partial charge in [-0.3, -0.25) is 0 Å². The lowest BCUT2D eigenvalue weighted by Crippen LogP contribution is -2.13. The van der Waals surface area contributed by atoms with Crippen LogP contribution in [0.15, 0.2) is 79.4 Å². The van der Waals surface area contributed by atoms with Gasteiger partial charge in [0.1, 0.15) is 18.1 Å². The van der Waals surface area contributed by atoms with Crippen LogP contribution in [-0.4, -0.2) is 5.97 Å². The van der Waals surface area contributed by atoms with E-state index in [0.29, 0.717) is 24.4 Å². The smallest absolute Gasteiger partial charge is 0.338 e. The largest absolute Gasteiger partial charge is 0.489 e. The third-order valence-corrected chi connectivity index (χ3v) is 4.53. The molecule has 1 unspecified atom stereocenters. The number of hydrogen-bond donors (Lipinski definition) is 0. The number of rotatable bonds is 9. The Morgan fingerprint density at radius 3 is 2.39 bits per heavy atom. The fourth-order valence-electron chi connectivity index (χ4n) is 2.71. The number of carbonyl (C=O) groups excluding carboxylic acids is 1. The molecule has 1 atom stereocenters. The molecule has 28 heavy (non-hydrogen) atoms. The number of benzene rings is 2. The molecule has 0 N–H and O–H groups in total. The highest BCUT2D eigenvalue weighted by Gasteiger charge is 2.21. The van der Waals surface area contributed by atoms with E-state index in [1.807, 2.05) is 56.3 Å². The molecule has 0 bridgehead atoms. The van der Waals surface area contributed by atoms with Gasteiger partial charge in [-0.25, -0.2) is 4.79 Å². The molecule has 3 heteroatoms. The second kappa shape index (κ2) is 9.75. The summed E-state index contributed by atoms with van der Waals surface area (Å²) in [4.78, 5) is 12.2. The zero-order valence-electron chi connectivity index (χ0n) is 17.0. The van der Waals surface area contributed by atoms with Gasteiger partial charge in [0.25, 0.3) is 0 Å². The Balaban J connectivity index is 2.47. The van der Waals surface area contributed by atoms with Crippen molar-refractivity contribution in [2.75, 3.05) is 0 Å². The van der Waals surface area contributed by atoms with Crippen molar-refractivity contribution in [1.29, 1.82) is 0 Å². The minimum Gasteiger partial charge on any atom is -0.489 e. The van der Waals surface area contributed by atoms with Crippen LogP contribution in [0.5, 0.6) is 11.5 Å². The van der Waals surface area contributed by atoms with Gasteiger partial charge in [0.05, 0.1) is 0 Å². The van der Waals surface area contributed by atoms with Gasteiger partial charge in [-0.1, -0.05) is 62.1 Å². The zero-order chi connectivity index (χ0) is 20.7. The molecule has 2 aromatic carbocycles. The molecule has 2 aromatic rings. The molecule has 0 aliphatic rings. The van der Waals surface area contributed by atoms with Crippen LogP contribution < -0.4 is 9.47 Å². The molecular weight excluding hydrogens is 348 g/mol. The first kappa shape index (κ1) is 21.2. The summed E-state index contributed by atoms with van der Waals surface area (Å²) in [6, 6.07) is 13.8. The maximum Gasteiger partial charge on any atom is 0.338 e. The van der Waals surface area contributed by atoms with Gasteiger partial charge >= 0.3 is 5.97 Å². The standard InChI is InChI=1S/C25H28O3/c1-7-11-21-14-22(27-16-20-12-9-8-10-13-20)15-23(19(6)17(2)3)24(21)28-25(26)18(4)5/h7-10,12-15,19H,1-2,4,11,16H2,3,5-6H3. The van der Waals surface area contributed by atoms with Crippen LogP contribution in [0.4, 0.5) is 0 Å². The summed E-state index contributed by atoms with van der Waals surface area (Å²) in [5.74, 6) is 0.810. The summed E-state index contributed by atoms with van der Waals surface area (Å²) >= 11 is 0. The molecule has 3 nitrogen and oxygen atoms in total. The Hall–Kier alpha value is -3.07. The Morgan fingerprint density at radius 1 is 1.14 bits per heavy atom. The maximum atomic E-state index is 12.2. The normalized spacial score (nSPS) is 11.4. The predicted molar refractivity (Wildman–Crippen MR) is 115 cm³/mol. The molecule has 2 rings (SSSR count). The molecule has 0 fully saturated rings. The van der Waals surface area contributed by atoms with E-state index in [9.17, 15) is 4.79 Å². The molecular formula is C25H28O3. The van der Waals surface area contributed by atoms with Gasteiger partial charge in [-0.05, 0) is 38.0 Å². The van der Waals surface area contributed by atoms with Gasteiger partial charge in [-0.2, -0.15) is 0 Å². The summed E-state index contributed by atoms with van der Waals surface area (Å²) in [5, 5.41) is 0. The minimum atomic E-state index is -0.446. The van der Waals surface area contributed by atoms with Gasteiger partial charge in [0.2, 0.25) is 0 Å². The Morgan fingerprint density at radius 2 is 1.82 bits per heavy atom. The van der Waals surface area contributed by atoms with Crippen LogP contribution >= 0.6 is 0 Å². The third kappa shape index (κ3) is 5.46. The van der Waals surface area contributed by atoms with Crippen LogP contribution in [0.25, 0.3) is 0 Å². The second-order valence-corrected chi connectivity index (χ2v) is 7.01. The summed E-state index contributed by atoms with van der Waals surface area (Å²) in [5.41, 5.74) is 4.11. The summed E-state index contributed by atoms with van der Waals surface area (Å²) < 4.78 is 11.7. The van der Waals surface area contributed by atoms with Crippen molar-refractivity contribution in [3.05, 3.63) is 96.1 Å². The van der Waals surface area contributed by atoms with E-state index in [0.717, 1.165) is 28.0 Å². The highest BCUT2D eigenvalue weighted by Crippen LogP contribution is 2.38. The van der Waals surface area contributed by atoms with E-state index in [1.54, 1.807) is 13.0 Å². The number of ether oxygens (including phenoxy) is 2. The molecule has 0 heterocycles. The predicted octanol–water partition coefficient (Wildman–Crippen LogP) is 6.16. The molecule has 0 aromatic heterocycles. The van der Waals surface area contributed by atoms with Crippen molar-refractivity contribution in [1.82, 2.24) is 0 Å². The van der Waals surface area contributed by atoms with E-state index in [-0.39, 0.29) is 5.92 Å². The fourth-order valence-corrected chi connectivity index (χ4v) is 2.71. The molecule has 0 spiro atoms. The van der Waals surface area contributed by atoms with Crippen molar-refractivity contribution in [2.24, 2.45) is 0 Å². The van der Waals surface area contributed by atoms with Crippen LogP contribution in [0.1, 0.15) is 43.4 Å². The number of carbonyl (C=O) groups is 1. The number of esters is 1. The molecule has 0 aliphatic heterocycles. The monoisotopic (exact) mass is 376 g/mol. The first-order valence-corrected chi connectivity index (χ1v) is 9.31. The van der Waals surface area contributed by atoms with Gasteiger partial charge in [0, 0.05) is 22.6 Å². The van der Waals surface area contributed by atoms with Crippen LogP contribution in [0.2, 0.25) is 0 Å². The summed E-state index contributed by atoms with van der Waals surface area (Å²) in [6.07, 6.45) is 2.33. The molecule has 0 radical (unpaired) electrons. The molecule has 0 saturated heterocycles. The van der Waals surface area contributed by atoms with Crippen molar-refractivity contribution in [3.8, 4) is 11.5 Å². The average Bonchev–Trinajstić information content (AvgIpc) is 2.68. The quantitative estimate of drug-likeness (QED) is 0.228. The third-order valence-electron chi connectivity index (χ3n) is 4.53. The van der Waals surface area contributed by atoms with E-state index >= 15 is 0 Å². The maximum absolute atomic E-state index is 12.2. The van der Waals surface area contributed by atoms with Crippen molar-refractivity contribution in [3.63, 3.8) is 0 Å². The lowest BCUT2D eigenvalue weighted by atomic mass is 9.91. The summed E-state index contributed by atoms with van der Waals surface area (Å²) in [6.45, 7) is 17.7. The van der Waals surface area contributed by atoms with Crippen LogP contribution in [0, 0.1) is 0 Å².